The quantitative estimate of drug-likeness (QED) is 0.225. The number of esters is 1. The van der Waals surface area contributed by atoms with E-state index in [9.17, 15) is 19.7 Å². The van der Waals surface area contributed by atoms with Gasteiger partial charge in [-0.05, 0) is 31.2 Å². The Hall–Kier alpha value is -3.68. The van der Waals surface area contributed by atoms with Gasteiger partial charge in [0.2, 0.25) is 5.78 Å². The van der Waals surface area contributed by atoms with E-state index in [1.54, 1.807) is 25.1 Å². The molecule has 0 unspecified atom stereocenters. The second kappa shape index (κ2) is 9.31. The second-order valence-electron chi connectivity index (χ2n) is 5.73. The van der Waals surface area contributed by atoms with Crippen LogP contribution in [-0.2, 0) is 9.53 Å². The first kappa shape index (κ1) is 20.6. The van der Waals surface area contributed by atoms with Gasteiger partial charge in [-0.25, -0.2) is 4.79 Å². The summed E-state index contributed by atoms with van der Waals surface area (Å²) in [5.41, 5.74) is 0.971. The number of Topliss-reactive ketones (excluding diaryl/α,β-unsaturated/α-hetero) is 1. The summed E-state index contributed by atoms with van der Waals surface area (Å²) in [6.45, 7) is 1.04. The average Bonchev–Trinajstić information content (AvgIpc) is 2.70. The number of carbonyl (C=O) groups excluding carboxylic acids is 2. The summed E-state index contributed by atoms with van der Waals surface area (Å²) in [6, 6.07) is 9.19. The number of hydrogen-bond acceptors (Lipinski definition) is 7. The molecule has 0 atom stereocenters. The van der Waals surface area contributed by atoms with Crippen LogP contribution < -0.4 is 9.47 Å². The van der Waals surface area contributed by atoms with E-state index >= 15 is 0 Å². The van der Waals surface area contributed by atoms with Gasteiger partial charge in [-0.1, -0.05) is 12.1 Å². The van der Waals surface area contributed by atoms with Gasteiger partial charge in [0.05, 0.1) is 19.1 Å². The van der Waals surface area contributed by atoms with Gasteiger partial charge >= 0.3 is 5.97 Å². The molecular weight excluding hydrogens is 366 g/mol. The zero-order valence-corrected chi connectivity index (χ0v) is 15.6. The van der Waals surface area contributed by atoms with Crippen molar-refractivity contribution in [3.63, 3.8) is 0 Å². The molecule has 2 aromatic rings. The van der Waals surface area contributed by atoms with Crippen LogP contribution in [0.4, 0.5) is 5.69 Å². The number of methoxy groups -OCH3 is 2. The zero-order chi connectivity index (χ0) is 20.7. The fraction of sp³-hybridized carbons (Fsp3) is 0.200. The van der Waals surface area contributed by atoms with Crippen LogP contribution in [0.25, 0.3) is 6.08 Å². The highest BCUT2D eigenvalue weighted by Gasteiger charge is 2.16. The molecule has 0 fully saturated rings. The van der Waals surface area contributed by atoms with Gasteiger partial charge in [-0.3, -0.25) is 14.9 Å². The number of ether oxygens (including phenoxy) is 3. The van der Waals surface area contributed by atoms with Crippen molar-refractivity contribution in [2.24, 2.45) is 0 Å². The molecule has 0 radical (unpaired) electrons. The Morgan fingerprint density at radius 3 is 2.50 bits per heavy atom. The Labute approximate surface area is 161 Å². The molecule has 0 aromatic heterocycles. The number of nitro groups is 1. The molecule has 0 N–H and O–H groups in total. The van der Waals surface area contributed by atoms with Crippen LogP contribution in [0, 0.1) is 17.0 Å². The van der Waals surface area contributed by atoms with Crippen molar-refractivity contribution >= 4 is 23.5 Å². The first-order chi connectivity index (χ1) is 13.3. The molecule has 8 nitrogen and oxygen atoms in total. The van der Waals surface area contributed by atoms with E-state index in [4.69, 9.17) is 14.2 Å². The molecule has 146 valence electrons. The molecule has 8 heteroatoms. The van der Waals surface area contributed by atoms with Gasteiger partial charge in [0, 0.05) is 28.8 Å². The molecule has 0 saturated heterocycles. The van der Waals surface area contributed by atoms with E-state index < -0.39 is 23.3 Å². The molecule has 0 saturated carbocycles. The number of aryl methyl sites for hydroxylation is 1. The van der Waals surface area contributed by atoms with Crippen LogP contribution >= 0.6 is 0 Å². The minimum atomic E-state index is -0.736. The van der Waals surface area contributed by atoms with E-state index in [2.05, 4.69) is 0 Å². The van der Waals surface area contributed by atoms with Gasteiger partial charge in [-0.2, -0.15) is 0 Å². The third-order valence-corrected chi connectivity index (χ3v) is 3.91. The summed E-state index contributed by atoms with van der Waals surface area (Å²) >= 11 is 0. The second-order valence-corrected chi connectivity index (χ2v) is 5.73. The Bertz CT molecular complexity index is 934. The molecule has 2 aromatic carbocycles. The lowest BCUT2D eigenvalue weighted by Gasteiger charge is -2.07. The first-order valence-electron chi connectivity index (χ1n) is 8.20. The highest BCUT2D eigenvalue weighted by atomic mass is 16.6. The highest BCUT2D eigenvalue weighted by Crippen LogP contribution is 2.25. The van der Waals surface area contributed by atoms with Crippen LogP contribution in [0.1, 0.15) is 21.5 Å². The Morgan fingerprint density at radius 1 is 1.11 bits per heavy atom. The van der Waals surface area contributed by atoms with Gasteiger partial charge in [0.1, 0.15) is 11.5 Å². The average molecular weight is 385 g/mol. The molecule has 0 spiro atoms. The Kier molecular flexibility index (Phi) is 6.86. The Balaban J connectivity index is 2.03. The van der Waals surface area contributed by atoms with E-state index in [1.807, 2.05) is 0 Å². The van der Waals surface area contributed by atoms with Crippen molar-refractivity contribution in [2.75, 3.05) is 20.8 Å². The van der Waals surface area contributed by atoms with E-state index in [0.29, 0.717) is 22.6 Å². The van der Waals surface area contributed by atoms with Crippen molar-refractivity contribution in [2.45, 2.75) is 6.92 Å². The smallest absolute Gasteiger partial charge is 0.331 e. The lowest BCUT2D eigenvalue weighted by molar-refractivity contribution is -0.385. The van der Waals surface area contributed by atoms with Crippen molar-refractivity contribution in [1.29, 1.82) is 0 Å². The van der Waals surface area contributed by atoms with Gasteiger partial charge in [0.15, 0.2) is 6.61 Å². The lowest BCUT2D eigenvalue weighted by atomic mass is 10.1. The van der Waals surface area contributed by atoms with E-state index in [0.717, 1.165) is 6.08 Å². The molecule has 0 bridgehead atoms. The SMILES string of the molecule is COc1ccc(OC)c(/C=C/C(=O)OCC(=O)c2ccc(C)c([N+](=O)[O-])c2)c1. The van der Waals surface area contributed by atoms with Crippen molar-refractivity contribution in [3.05, 3.63) is 69.3 Å². The highest BCUT2D eigenvalue weighted by molar-refractivity contribution is 5.99. The minimum Gasteiger partial charge on any atom is -0.497 e. The maximum atomic E-state index is 12.1. The van der Waals surface area contributed by atoms with E-state index in [1.165, 1.54) is 38.5 Å². The molecule has 0 aliphatic rings. The molecule has 0 aliphatic heterocycles. The zero-order valence-electron chi connectivity index (χ0n) is 15.6. The van der Waals surface area contributed by atoms with Crippen LogP contribution in [0.2, 0.25) is 0 Å². The van der Waals surface area contributed by atoms with E-state index in [-0.39, 0.29) is 11.3 Å². The summed E-state index contributed by atoms with van der Waals surface area (Å²) in [7, 11) is 3.02. The molecule has 0 heterocycles. The number of nitro benzene ring substituents is 1. The molecule has 28 heavy (non-hydrogen) atoms. The monoisotopic (exact) mass is 385 g/mol. The fourth-order valence-corrected chi connectivity index (χ4v) is 2.38. The third kappa shape index (κ3) is 5.16. The summed E-state index contributed by atoms with van der Waals surface area (Å²) in [6.07, 6.45) is 2.63. The first-order valence-corrected chi connectivity index (χ1v) is 8.20. The van der Waals surface area contributed by atoms with Gasteiger partial charge in [-0.15, -0.1) is 0 Å². The van der Waals surface area contributed by atoms with Crippen molar-refractivity contribution < 1.29 is 28.7 Å². The van der Waals surface area contributed by atoms with Crippen LogP contribution in [0.5, 0.6) is 11.5 Å². The van der Waals surface area contributed by atoms with Crippen molar-refractivity contribution in [3.8, 4) is 11.5 Å². The number of nitrogens with zero attached hydrogens (tertiary/aromatic N) is 1. The summed E-state index contributed by atoms with van der Waals surface area (Å²) < 4.78 is 15.3. The third-order valence-electron chi connectivity index (χ3n) is 3.91. The van der Waals surface area contributed by atoms with Crippen molar-refractivity contribution in [1.82, 2.24) is 0 Å². The minimum absolute atomic E-state index is 0.101. The lowest BCUT2D eigenvalue weighted by Crippen LogP contribution is -2.13. The topological polar surface area (TPSA) is 105 Å². The van der Waals surface area contributed by atoms with Crippen LogP contribution in [0.15, 0.2) is 42.5 Å². The fourth-order valence-electron chi connectivity index (χ4n) is 2.38. The summed E-state index contributed by atoms with van der Waals surface area (Å²) in [5.74, 6) is -0.151. The number of carbonyl (C=O) groups is 2. The number of ketones is 1. The standard InChI is InChI=1S/C20H19NO7/c1-13-4-5-14(11-17(13)21(24)25)18(22)12-28-20(23)9-6-15-10-16(26-2)7-8-19(15)27-3/h4-11H,12H2,1-3H3/b9-6+. The van der Waals surface area contributed by atoms with Gasteiger partial charge in [0.25, 0.3) is 5.69 Å². The normalized spacial score (nSPS) is 10.5. The largest absolute Gasteiger partial charge is 0.497 e. The Morgan fingerprint density at radius 2 is 1.86 bits per heavy atom. The predicted octanol–water partition coefficient (Wildman–Crippen LogP) is 3.36. The summed E-state index contributed by atoms with van der Waals surface area (Å²) in [4.78, 5) is 34.4. The van der Waals surface area contributed by atoms with Crippen LogP contribution in [-0.4, -0.2) is 37.5 Å². The maximum absolute atomic E-state index is 12.1. The summed E-state index contributed by atoms with van der Waals surface area (Å²) in [5, 5.41) is 11.0. The predicted molar refractivity (Wildman–Crippen MR) is 102 cm³/mol. The molecular formula is C20H19NO7. The number of rotatable bonds is 8. The molecule has 2 rings (SSSR count). The molecule has 0 amide bonds. The van der Waals surface area contributed by atoms with Crippen LogP contribution in [0.3, 0.4) is 0 Å². The number of benzene rings is 2. The number of hydrogen-bond donors (Lipinski definition) is 0. The molecule has 0 aliphatic carbocycles. The van der Waals surface area contributed by atoms with Gasteiger partial charge < -0.3 is 14.2 Å². The maximum Gasteiger partial charge on any atom is 0.331 e.